The van der Waals surface area contributed by atoms with Gasteiger partial charge in [0.25, 0.3) is 5.22 Å². The lowest BCUT2D eigenvalue weighted by molar-refractivity contribution is -0.121. The number of hydrogen-bond donors (Lipinski definition) is 1. The van der Waals surface area contributed by atoms with E-state index in [1.165, 1.54) is 22.9 Å². The summed E-state index contributed by atoms with van der Waals surface area (Å²) in [5, 5.41) is 18.1. The van der Waals surface area contributed by atoms with Crippen molar-refractivity contribution in [3.8, 4) is 11.5 Å². The lowest BCUT2D eigenvalue weighted by atomic mass is 9.90. The predicted molar refractivity (Wildman–Crippen MR) is 80.3 cm³/mol. The van der Waals surface area contributed by atoms with Gasteiger partial charge in [0.2, 0.25) is 5.89 Å². The quantitative estimate of drug-likeness (QED) is 0.856. The van der Waals surface area contributed by atoms with E-state index in [0.717, 1.165) is 11.3 Å². The summed E-state index contributed by atoms with van der Waals surface area (Å²) < 4.78 is 10.9. The molecule has 2 heterocycles. The van der Waals surface area contributed by atoms with E-state index >= 15 is 0 Å². The van der Waals surface area contributed by atoms with E-state index in [-0.39, 0.29) is 12.0 Å². The van der Waals surface area contributed by atoms with Crippen LogP contribution in [0.25, 0.3) is 11.5 Å². The standard InChI is InChI=1S/C15H18N2O3S/c1-10-3-4-12(5-11(10)2)13-16-17-14(20-13)21-9-15(6-18)7-19-8-15/h3-5,18H,6-9H2,1-2H3. The Bertz CT molecular complexity index is 632. The molecule has 21 heavy (non-hydrogen) atoms. The molecule has 112 valence electrons. The van der Waals surface area contributed by atoms with Gasteiger partial charge in [0.05, 0.1) is 19.8 Å². The molecule has 2 aromatic rings. The second-order valence-corrected chi connectivity index (χ2v) is 6.54. The molecule has 0 spiro atoms. The van der Waals surface area contributed by atoms with Crippen molar-refractivity contribution in [2.75, 3.05) is 25.6 Å². The lowest BCUT2D eigenvalue weighted by Crippen LogP contribution is -2.47. The fourth-order valence-corrected chi connectivity index (χ4v) is 3.01. The van der Waals surface area contributed by atoms with Crippen molar-refractivity contribution in [2.45, 2.75) is 19.1 Å². The van der Waals surface area contributed by atoms with Crippen LogP contribution in [0.3, 0.4) is 0 Å². The first-order valence-corrected chi connectivity index (χ1v) is 7.83. The molecule has 5 nitrogen and oxygen atoms in total. The van der Waals surface area contributed by atoms with Crippen LogP contribution in [0.15, 0.2) is 27.8 Å². The zero-order chi connectivity index (χ0) is 14.9. The number of benzene rings is 1. The first kappa shape index (κ1) is 14.6. The molecule has 1 fully saturated rings. The zero-order valence-electron chi connectivity index (χ0n) is 12.1. The molecule has 0 aliphatic carbocycles. The molecule has 1 saturated heterocycles. The van der Waals surface area contributed by atoms with Gasteiger partial charge in [-0.15, -0.1) is 10.2 Å². The maximum absolute atomic E-state index is 9.39. The summed E-state index contributed by atoms with van der Waals surface area (Å²) in [6, 6.07) is 6.08. The number of aliphatic hydroxyl groups is 1. The molecular weight excluding hydrogens is 288 g/mol. The van der Waals surface area contributed by atoms with Crippen molar-refractivity contribution < 1.29 is 14.3 Å². The third-order valence-corrected chi connectivity index (χ3v) is 4.98. The van der Waals surface area contributed by atoms with Gasteiger partial charge in [-0.3, -0.25) is 0 Å². The van der Waals surface area contributed by atoms with Gasteiger partial charge in [-0.2, -0.15) is 0 Å². The van der Waals surface area contributed by atoms with E-state index in [1.807, 2.05) is 18.2 Å². The summed E-state index contributed by atoms with van der Waals surface area (Å²) in [6.45, 7) is 5.44. The number of aryl methyl sites for hydroxylation is 2. The highest BCUT2D eigenvalue weighted by atomic mass is 32.2. The average Bonchev–Trinajstić information content (AvgIpc) is 2.90. The molecule has 1 aromatic carbocycles. The Morgan fingerprint density at radius 1 is 1.24 bits per heavy atom. The Labute approximate surface area is 127 Å². The van der Waals surface area contributed by atoms with E-state index in [0.29, 0.717) is 24.3 Å². The van der Waals surface area contributed by atoms with E-state index < -0.39 is 0 Å². The minimum Gasteiger partial charge on any atom is -0.411 e. The second kappa shape index (κ2) is 5.79. The van der Waals surface area contributed by atoms with Crippen molar-refractivity contribution in [1.29, 1.82) is 0 Å². The molecule has 0 bridgehead atoms. The molecule has 0 saturated carbocycles. The number of thioether (sulfide) groups is 1. The van der Waals surface area contributed by atoms with Crippen LogP contribution in [0.2, 0.25) is 0 Å². The van der Waals surface area contributed by atoms with Gasteiger partial charge in [-0.05, 0) is 37.1 Å². The number of hydrogen-bond acceptors (Lipinski definition) is 6. The summed E-state index contributed by atoms with van der Waals surface area (Å²) in [4.78, 5) is 0. The molecule has 1 N–H and O–H groups in total. The lowest BCUT2D eigenvalue weighted by Gasteiger charge is -2.39. The SMILES string of the molecule is Cc1ccc(-c2nnc(SCC3(CO)COC3)o2)cc1C. The van der Waals surface area contributed by atoms with Crippen LogP contribution in [-0.2, 0) is 4.74 Å². The molecule has 0 amide bonds. The average molecular weight is 306 g/mol. The van der Waals surface area contributed by atoms with Crippen LogP contribution in [0.5, 0.6) is 0 Å². The van der Waals surface area contributed by atoms with Crippen molar-refractivity contribution >= 4 is 11.8 Å². The van der Waals surface area contributed by atoms with Crippen LogP contribution in [0, 0.1) is 19.3 Å². The molecule has 0 atom stereocenters. The summed E-state index contributed by atoms with van der Waals surface area (Å²) in [6.07, 6.45) is 0. The maximum atomic E-state index is 9.39. The first-order valence-electron chi connectivity index (χ1n) is 6.84. The number of nitrogens with zero attached hydrogens (tertiary/aromatic N) is 2. The summed E-state index contributed by atoms with van der Waals surface area (Å²) >= 11 is 1.47. The van der Waals surface area contributed by atoms with Crippen molar-refractivity contribution in [3.63, 3.8) is 0 Å². The largest absolute Gasteiger partial charge is 0.411 e. The summed E-state index contributed by atoms with van der Waals surface area (Å²) in [5.41, 5.74) is 3.22. The van der Waals surface area contributed by atoms with Crippen LogP contribution in [0.1, 0.15) is 11.1 Å². The molecule has 1 aromatic heterocycles. The summed E-state index contributed by atoms with van der Waals surface area (Å²) in [7, 11) is 0. The second-order valence-electron chi connectivity index (χ2n) is 5.61. The third kappa shape index (κ3) is 2.97. The van der Waals surface area contributed by atoms with Gasteiger partial charge in [0, 0.05) is 16.7 Å². The van der Waals surface area contributed by atoms with Crippen molar-refractivity contribution in [1.82, 2.24) is 10.2 Å². The van der Waals surface area contributed by atoms with Crippen LogP contribution in [0.4, 0.5) is 0 Å². The minimum absolute atomic E-state index is 0.123. The Balaban J connectivity index is 1.69. The Kier molecular flexibility index (Phi) is 4.01. The molecule has 1 aliphatic rings. The van der Waals surface area contributed by atoms with Gasteiger partial charge < -0.3 is 14.3 Å². The molecule has 6 heteroatoms. The van der Waals surface area contributed by atoms with Crippen molar-refractivity contribution in [3.05, 3.63) is 29.3 Å². The van der Waals surface area contributed by atoms with Gasteiger partial charge in [-0.1, -0.05) is 17.8 Å². The van der Waals surface area contributed by atoms with Crippen LogP contribution in [-0.4, -0.2) is 40.9 Å². The van der Waals surface area contributed by atoms with Gasteiger partial charge in [0.1, 0.15) is 0 Å². The number of aromatic nitrogens is 2. The maximum Gasteiger partial charge on any atom is 0.276 e. The van der Waals surface area contributed by atoms with Gasteiger partial charge >= 0.3 is 0 Å². The third-order valence-electron chi connectivity index (χ3n) is 3.81. The van der Waals surface area contributed by atoms with E-state index in [9.17, 15) is 5.11 Å². The summed E-state index contributed by atoms with van der Waals surface area (Å²) in [5.74, 6) is 1.25. The Morgan fingerprint density at radius 3 is 2.67 bits per heavy atom. The zero-order valence-corrected chi connectivity index (χ0v) is 12.9. The van der Waals surface area contributed by atoms with Crippen molar-refractivity contribution in [2.24, 2.45) is 5.41 Å². The molecule has 0 radical (unpaired) electrons. The van der Waals surface area contributed by atoms with Gasteiger partial charge in [0.15, 0.2) is 0 Å². The molecule has 0 unspecified atom stereocenters. The number of rotatable bonds is 5. The normalized spacial score (nSPS) is 16.7. The molecule has 3 rings (SSSR count). The number of aliphatic hydroxyl groups excluding tert-OH is 1. The molecule has 1 aliphatic heterocycles. The minimum atomic E-state index is -0.153. The van der Waals surface area contributed by atoms with E-state index in [1.54, 1.807) is 0 Å². The monoisotopic (exact) mass is 306 g/mol. The fourth-order valence-electron chi connectivity index (χ4n) is 2.09. The first-order chi connectivity index (χ1) is 10.1. The fraction of sp³-hybridized carbons (Fsp3) is 0.467. The highest BCUT2D eigenvalue weighted by Gasteiger charge is 2.38. The Morgan fingerprint density at radius 2 is 2.05 bits per heavy atom. The van der Waals surface area contributed by atoms with E-state index in [4.69, 9.17) is 9.15 Å². The highest BCUT2D eigenvalue weighted by Crippen LogP contribution is 2.34. The van der Waals surface area contributed by atoms with Gasteiger partial charge in [-0.25, -0.2) is 0 Å². The van der Waals surface area contributed by atoms with Crippen LogP contribution >= 0.6 is 11.8 Å². The smallest absolute Gasteiger partial charge is 0.276 e. The van der Waals surface area contributed by atoms with E-state index in [2.05, 4.69) is 24.0 Å². The predicted octanol–water partition coefficient (Wildman–Crippen LogP) is 2.45. The highest BCUT2D eigenvalue weighted by molar-refractivity contribution is 7.99. The molecular formula is C15H18N2O3S. The number of ether oxygens (including phenoxy) is 1. The van der Waals surface area contributed by atoms with Crippen LogP contribution < -0.4 is 0 Å². The topological polar surface area (TPSA) is 68.4 Å². The Hall–Kier alpha value is -1.37.